The molecule has 0 aromatic heterocycles. The Balaban J connectivity index is 1.88. The summed E-state index contributed by atoms with van der Waals surface area (Å²) in [5.41, 5.74) is 2.16. The highest BCUT2D eigenvalue weighted by Crippen LogP contribution is 2.14. The van der Waals surface area contributed by atoms with Gasteiger partial charge in [-0.15, -0.1) is 0 Å². The quantitative estimate of drug-likeness (QED) is 0.734. The summed E-state index contributed by atoms with van der Waals surface area (Å²) in [6.45, 7) is 5.43. The number of anilines is 2. The monoisotopic (exact) mass is 403 g/mol. The second-order valence-electron chi connectivity index (χ2n) is 5.46. The Morgan fingerprint density at radius 2 is 1.48 bits per heavy atom. The van der Waals surface area contributed by atoms with Gasteiger partial charge in [0, 0.05) is 34.5 Å². The third-order valence-corrected chi connectivity index (χ3v) is 4.29. The lowest BCUT2D eigenvalue weighted by molar-refractivity contribution is -0.114. The van der Waals surface area contributed by atoms with Crippen LogP contribution in [0.15, 0.2) is 53.0 Å². The van der Waals surface area contributed by atoms with Gasteiger partial charge in [-0.3, -0.25) is 9.59 Å². The average molecular weight is 404 g/mol. The molecular formula is C19H22BrN3O2. The van der Waals surface area contributed by atoms with Crippen LogP contribution in [-0.4, -0.2) is 36.3 Å². The van der Waals surface area contributed by atoms with Crippen LogP contribution in [0.3, 0.4) is 0 Å². The van der Waals surface area contributed by atoms with Crippen LogP contribution >= 0.6 is 15.9 Å². The van der Waals surface area contributed by atoms with Gasteiger partial charge in [0.05, 0.1) is 6.54 Å². The van der Waals surface area contributed by atoms with E-state index in [0.717, 1.165) is 10.2 Å². The van der Waals surface area contributed by atoms with Crippen molar-refractivity contribution >= 4 is 39.1 Å². The number of amides is 2. The molecule has 2 amide bonds. The molecule has 0 saturated carbocycles. The molecular weight excluding hydrogens is 382 g/mol. The molecule has 0 heterocycles. The van der Waals surface area contributed by atoms with E-state index in [4.69, 9.17) is 0 Å². The third-order valence-electron chi connectivity index (χ3n) is 3.76. The Morgan fingerprint density at radius 3 is 2.04 bits per heavy atom. The second-order valence-corrected chi connectivity index (χ2v) is 6.38. The zero-order valence-electron chi connectivity index (χ0n) is 14.4. The van der Waals surface area contributed by atoms with Crippen LogP contribution in [-0.2, 0) is 4.79 Å². The molecule has 0 unspecified atom stereocenters. The Hall–Kier alpha value is -2.34. The van der Waals surface area contributed by atoms with Gasteiger partial charge in [0.1, 0.15) is 0 Å². The molecule has 25 heavy (non-hydrogen) atoms. The maximum Gasteiger partial charge on any atom is 0.253 e. The van der Waals surface area contributed by atoms with Crippen LogP contribution in [0.25, 0.3) is 0 Å². The minimum absolute atomic E-state index is 0.000202. The summed E-state index contributed by atoms with van der Waals surface area (Å²) in [5.74, 6) is -0.148. The summed E-state index contributed by atoms with van der Waals surface area (Å²) in [5, 5.41) is 5.87. The molecule has 0 atom stereocenters. The molecule has 2 rings (SSSR count). The van der Waals surface area contributed by atoms with Crippen molar-refractivity contribution in [2.24, 2.45) is 0 Å². The van der Waals surface area contributed by atoms with Crippen molar-refractivity contribution in [1.29, 1.82) is 0 Å². The topological polar surface area (TPSA) is 61.4 Å². The van der Waals surface area contributed by atoms with Crippen LogP contribution in [0.2, 0.25) is 0 Å². The number of carbonyl (C=O) groups is 2. The van der Waals surface area contributed by atoms with Crippen molar-refractivity contribution in [1.82, 2.24) is 4.90 Å². The maximum atomic E-state index is 12.2. The van der Waals surface area contributed by atoms with Gasteiger partial charge in [0.2, 0.25) is 5.91 Å². The highest BCUT2D eigenvalue weighted by Gasteiger charge is 2.12. The maximum absolute atomic E-state index is 12.2. The van der Waals surface area contributed by atoms with Crippen molar-refractivity contribution in [2.45, 2.75) is 13.8 Å². The zero-order valence-corrected chi connectivity index (χ0v) is 16.0. The fourth-order valence-corrected chi connectivity index (χ4v) is 2.61. The molecule has 0 radical (unpaired) electrons. The fourth-order valence-electron chi connectivity index (χ4n) is 2.34. The lowest BCUT2D eigenvalue weighted by atomic mass is 10.1. The largest absolute Gasteiger partial charge is 0.376 e. The van der Waals surface area contributed by atoms with Crippen molar-refractivity contribution < 1.29 is 9.59 Å². The lowest BCUT2D eigenvalue weighted by Gasteiger charge is -2.18. The van der Waals surface area contributed by atoms with Crippen molar-refractivity contribution in [3.63, 3.8) is 0 Å². The summed E-state index contributed by atoms with van der Waals surface area (Å²) in [6, 6.07) is 14.6. The van der Waals surface area contributed by atoms with Gasteiger partial charge in [-0.1, -0.05) is 15.9 Å². The highest BCUT2D eigenvalue weighted by molar-refractivity contribution is 9.10. The lowest BCUT2D eigenvalue weighted by Crippen LogP contribution is -2.30. The Bertz CT molecular complexity index is 710. The normalized spacial score (nSPS) is 10.2. The van der Waals surface area contributed by atoms with Crippen molar-refractivity contribution in [3.05, 3.63) is 58.6 Å². The van der Waals surface area contributed by atoms with Gasteiger partial charge in [-0.2, -0.15) is 0 Å². The van der Waals surface area contributed by atoms with Gasteiger partial charge in [-0.25, -0.2) is 0 Å². The molecule has 2 aromatic carbocycles. The average Bonchev–Trinajstić information content (AvgIpc) is 2.63. The predicted molar refractivity (Wildman–Crippen MR) is 105 cm³/mol. The first-order valence-corrected chi connectivity index (χ1v) is 9.01. The van der Waals surface area contributed by atoms with Gasteiger partial charge in [0.25, 0.3) is 5.91 Å². The SMILES string of the molecule is CCN(CC)C(=O)c1ccc(NC(=O)CNc2ccc(Br)cc2)cc1. The van der Waals surface area contributed by atoms with Crippen LogP contribution in [0.1, 0.15) is 24.2 Å². The van der Waals surface area contributed by atoms with E-state index in [1.54, 1.807) is 29.2 Å². The number of nitrogens with one attached hydrogen (secondary N) is 2. The Kier molecular flexibility index (Phi) is 7.01. The first-order valence-electron chi connectivity index (χ1n) is 8.22. The minimum Gasteiger partial charge on any atom is -0.376 e. The van der Waals surface area contributed by atoms with E-state index in [-0.39, 0.29) is 18.4 Å². The fraction of sp³-hybridized carbons (Fsp3) is 0.263. The number of hydrogen-bond donors (Lipinski definition) is 2. The number of hydrogen-bond acceptors (Lipinski definition) is 3. The molecule has 0 aliphatic heterocycles. The minimum atomic E-state index is -0.147. The van der Waals surface area contributed by atoms with Gasteiger partial charge in [-0.05, 0) is 62.4 Å². The molecule has 2 N–H and O–H groups in total. The highest BCUT2D eigenvalue weighted by atomic mass is 79.9. The first kappa shape index (κ1) is 19.0. The zero-order chi connectivity index (χ0) is 18.2. The van der Waals surface area contributed by atoms with E-state index >= 15 is 0 Å². The molecule has 132 valence electrons. The van der Waals surface area contributed by atoms with Crippen molar-refractivity contribution in [2.75, 3.05) is 30.3 Å². The van der Waals surface area contributed by atoms with Gasteiger partial charge >= 0.3 is 0 Å². The predicted octanol–water partition coefficient (Wildman–Crippen LogP) is 3.98. The summed E-state index contributed by atoms with van der Waals surface area (Å²) >= 11 is 3.37. The summed E-state index contributed by atoms with van der Waals surface area (Å²) in [4.78, 5) is 26.0. The number of halogens is 1. The molecule has 0 bridgehead atoms. The standard InChI is InChI=1S/C19H22BrN3O2/c1-3-23(4-2)19(25)14-5-9-17(10-6-14)22-18(24)13-21-16-11-7-15(20)8-12-16/h5-12,21H,3-4,13H2,1-2H3,(H,22,24). The van der Waals surface area contributed by atoms with Crippen LogP contribution in [0, 0.1) is 0 Å². The van der Waals surface area contributed by atoms with E-state index in [1.165, 1.54) is 0 Å². The molecule has 5 nitrogen and oxygen atoms in total. The molecule has 2 aromatic rings. The number of nitrogens with zero attached hydrogens (tertiary/aromatic N) is 1. The summed E-state index contributed by atoms with van der Waals surface area (Å²) < 4.78 is 0.988. The number of benzene rings is 2. The first-order chi connectivity index (χ1) is 12.0. The Labute approximate surface area is 156 Å². The molecule has 0 saturated heterocycles. The molecule has 0 aliphatic rings. The van der Waals surface area contributed by atoms with E-state index in [0.29, 0.717) is 24.3 Å². The van der Waals surface area contributed by atoms with Crippen LogP contribution in [0.5, 0.6) is 0 Å². The molecule has 0 aliphatic carbocycles. The molecule has 0 spiro atoms. The van der Waals surface area contributed by atoms with Crippen LogP contribution in [0.4, 0.5) is 11.4 Å². The number of carbonyl (C=O) groups excluding carboxylic acids is 2. The number of rotatable bonds is 7. The third kappa shape index (κ3) is 5.60. The van der Waals surface area contributed by atoms with Gasteiger partial charge in [0.15, 0.2) is 0 Å². The van der Waals surface area contributed by atoms with E-state index < -0.39 is 0 Å². The molecule has 6 heteroatoms. The van der Waals surface area contributed by atoms with E-state index in [9.17, 15) is 9.59 Å². The van der Waals surface area contributed by atoms with E-state index in [1.807, 2.05) is 38.1 Å². The summed E-state index contributed by atoms with van der Waals surface area (Å²) in [7, 11) is 0. The summed E-state index contributed by atoms with van der Waals surface area (Å²) in [6.07, 6.45) is 0. The molecule has 0 fully saturated rings. The Morgan fingerprint density at radius 1 is 0.920 bits per heavy atom. The smallest absolute Gasteiger partial charge is 0.253 e. The van der Waals surface area contributed by atoms with E-state index in [2.05, 4.69) is 26.6 Å². The second kappa shape index (κ2) is 9.22. The van der Waals surface area contributed by atoms with Crippen molar-refractivity contribution in [3.8, 4) is 0 Å². The van der Waals surface area contributed by atoms with Crippen LogP contribution < -0.4 is 10.6 Å². The van der Waals surface area contributed by atoms with Gasteiger partial charge < -0.3 is 15.5 Å².